The maximum atomic E-state index is 11.9. The molecule has 4 N–H and O–H groups in total. The normalized spacial score (nSPS) is 10.6. The first-order valence-electron chi connectivity index (χ1n) is 6.66. The summed E-state index contributed by atoms with van der Waals surface area (Å²) in [5.41, 5.74) is 10.4. The molecule has 0 atom stereocenters. The van der Waals surface area contributed by atoms with Crippen LogP contribution in [0.3, 0.4) is 0 Å². The van der Waals surface area contributed by atoms with Crippen LogP contribution >= 0.6 is 0 Å². The number of rotatable bonds is 4. The SMILES string of the molecule is CN(C)c1ccc(C=NNC(=O)c2cc(N)ccc2O)cc1. The molecule has 0 fully saturated rings. The van der Waals surface area contributed by atoms with Gasteiger partial charge in [0.25, 0.3) is 5.91 Å². The van der Waals surface area contributed by atoms with Crippen molar-refractivity contribution in [3.8, 4) is 5.75 Å². The van der Waals surface area contributed by atoms with E-state index in [9.17, 15) is 9.90 Å². The van der Waals surface area contributed by atoms with Gasteiger partial charge >= 0.3 is 0 Å². The standard InChI is InChI=1S/C16H18N4O2/c1-20(2)13-6-3-11(4-7-13)10-18-19-16(22)14-9-12(17)5-8-15(14)21/h3-10,21H,17H2,1-2H3,(H,19,22). The summed E-state index contributed by atoms with van der Waals surface area (Å²) in [6.07, 6.45) is 1.53. The molecule has 0 aliphatic heterocycles. The van der Waals surface area contributed by atoms with E-state index in [1.807, 2.05) is 43.3 Å². The van der Waals surface area contributed by atoms with Crippen molar-refractivity contribution in [3.63, 3.8) is 0 Å². The maximum Gasteiger partial charge on any atom is 0.275 e. The van der Waals surface area contributed by atoms with Gasteiger partial charge in [0.05, 0.1) is 11.8 Å². The van der Waals surface area contributed by atoms with E-state index in [4.69, 9.17) is 5.73 Å². The second kappa shape index (κ2) is 6.62. The molecule has 0 saturated heterocycles. The lowest BCUT2D eigenvalue weighted by Crippen LogP contribution is -2.18. The quantitative estimate of drug-likeness (QED) is 0.347. The van der Waals surface area contributed by atoms with Crippen LogP contribution in [-0.2, 0) is 0 Å². The number of carbonyl (C=O) groups excluding carboxylic acids is 1. The summed E-state index contributed by atoms with van der Waals surface area (Å²) in [5, 5.41) is 13.5. The van der Waals surface area contributed by atoms with E-state index in [1.165, 1.54) is 24.4 Å². The van der Waals surface area contributed by atoms with Gasteiger partial charge in [-0.1, -0.05) is 12.1 Å². The molecule has 0 saturated carbocycles. The third-order valence-electron chi connectivity index (χ3n) is 3.05. The van der Waals surface area contributed by atoms with Gasteiger partial charge in [-0.15, -0.1) is 0 Å². The Hall–Kier alpha value is -3.02. The Balaban J connectivity index is 2.02. The fourth-order valence-corrected chi connectivity index (χ4v) is 1.82. The second-order valence-corrected chi connectivity index (χ2v) is 4.96. The minimum Gasteiger partial charge on any atom is -0.507 e. The van der Waals surface area contributed by atoms with E-state index < -0.39 is 5.91 Å². The first-order chi connectivity index (χ1) is 10.5. The van der Waals surface area contributed by atoms with Crippen molar-refractivity contribution in [1.29, 1.82) is 0 Å². The zero-order valence-electron chi connectivity index (χ0n) is 12.4. The van der Waals surface area contributed by atoms with Gasteiger partial charge in [0, 0.05) is 25.5 Å². The Morgan fingerprint density at radius 3 is 2.55 bits per heavy atom. The van der Waals surface area contributed by atoms with Crippen molar-refractivity contribution >= 4 is 23.5 Å². The van der Waals surface area contributed by atoms with Crippen LogP contribution in [0.4, 0.5) is 11.4 Å². The first-order valence-corrected chi connectivity index (χ1v) is 6.66. The number of nitrogens with zero attached hydrogens (tertiary/aromatic N) is 2. The molecule has 2 aromatic rings. The number of nitrogens with two attached hydrogens (primary N) is 1. The minimum atomic E-state index is -0.522. The number of hydrogen-bond donors (Lipinski definition) is 3. The van der Waals surface area contributed by atoms with Gasteiger partial charge in [0.1, 0.15) is 5.75 Å². The molecule has 22 heavy (non-hydrogen) atoms. The van der Waals surface area contributed by atoms with Crippen molar-refractivity contribution in [2.24, 2.45) is 5.10 Å². The number of benzene rings is 2. The summed E-state index contributed by atoms with van der Waals surface area (Å²) in [7, 11) is 3.92. The zero-order valence-corrected chi connectivity index (χ0v) is 12.4. The van der Waals surface area contributed by atoms with Crippen molar-refractivity contribution < 1.29 is 9.90 Å². The second-order valence-electron chi connectivity index (χ2n) is 4.96. The molecule has 2 aromatic carbocycles. The third-order valence-corrected chi connectivity index (χ3v) is 3.05. The number of nitrogen functional groups attached to an aromatic ring is 1. The Kier molecular flexibility index (Phi) is 4.63. The third kappa shape index (κ3) is 3.76. The zero-order chi connectivity index (χ0) is 16.1. The lowest BCUT2D eigenvalue weighted by molar-refractivity contribution is 0.0952. The molecule has 0 aliphatic carbocycles. The van der Waals surface area contributed by atoms with Gasteiger partial charge in [0.2, 0.25) is 0 Å². The smallest absolute Gasteiger partial charge is 0.275 e. The van der Waals surface area contributed by atoms with Gasteiger partial charge in [-0.25, -0.2) is 5.43 Å². The van der Waals surface area contributed by atoms with Crippen LogP contribution in [0.1, 0.15) is 15.9 Å². The van der Waals surface area contributed by atoms with E-state index in [1.54, 1.807) is 0 Å². The van der Waals surface area contributed by atoms with Crippen LogP contribution in [0.5, 0.6) is 5.75 Å². The number of carbonyl (C=O) groups is 1. The largest absolute Gasteiger partial charge is 0.507 e. The monoisotopic (exact) mass is 298 g/mol. The molecular weight excluding hydrogens is 280 g/mol. The molecule has 2 rings (SSSR count). The summed E-state index contributed by atoms with van der Waals surface area (Å²) in [6.45, 7) is 0. The Morgan fingerprint density at radius 1 is 1.23 bits per heavy atom. The van der Waals surface area contributed by atoms with Crippen molar-refractivity contribution in [2.75, 3.05) is 24.7 Å². The summed E-state index contributed by atoms with van der Waals surface area (Å²) in [6, 6.07) is 12.0. The molecule has 0 radical (unpaired) electrons. The summed E-state index contributed by atoms with van der Waals surface area (Å²) < 4.78 is 0. The van der Waals surface area contributed by atoms with E-state index in [0.29, 0.717) is 5.69 Å². The Labute approximate surface area is 128 Å². The fraction of sp³-hybridized carbons (Fsp3) is 0.125. The first kappa shape index (κ1) is 15.4. The van der Waals surface area contributed by atoms with Gasteiger partial charge in [0.15, 0.2) is 0 Å². The van der Waals surface area contributed by atoms with Crippen molar-refractivity contribution in [3.05, 3.63) is 53.6 Å². The molecule has 6 heteroatoms. The number of aromatic hydroxyl groups is 1. The van der Waals surface area contributed by atoms with E-state index in [0.717, 1.165) is 11.3 Å². The van der Waals surface area contributed by atoms with Crippen LogP contribution in [0.25, 0.3) is 0 Å². The number of nitrogens with one attached hydrogen (secondary N) is 1. The highest BCUT2D eigenvalue weighted by atomic mass is 16.3. The molecule has 6 nitrogen and oxygen atoms in total. The van der Waals surface area contributed by atoms with Crippen LogP contribution in [-0.4, -0.2) is 31.3 Å². The highest BCUT2D eigenvalue weighted by molar-refractivity contribution is 5.98. The lowest BCUT2D eigenvalue weighted by Gasteiger charge is -2.11. The average molecular weight is 298 g/mol. The van der Waals surface area contributed by atoms with Crippen LogP contribution in [0, 0.1) is 0 Å². The maximum absolute atomic E-state index is 11.9. The fourth-order valence-electron chi connectivity index (χ4n) is 1.82. The Morgan fingerprint density at radius 2 is 1.91 bits per heavy atom. The molecular formula is C16H18N4O2. The van der Waals surface area contributed by atoms with Crippen molar-refractivity contribution in [1.82, 2.24) is 5.43 Å². The van der Waals surface area contributed by atoms with E-state index >= 15 is 0 Å². The average Bonchev–Trinajstić information content (AvgIpc) is 2.50. The topological polar surface area (TPSA) is 91.0 Å². The van der Waals surface area contributed by atoms with Gasteiger partial charge in [-0.05, 0) is 35.9 Å². The van der Waals surface area contributed by atoms with Gasteiger partial charge < -0.3 is 15.7 Å². The number of hydrazone groups is 1. The molecule has 114 valence electrons. The summed E-state index contributed by atoms with van der Waals surface area (Å²) in [4.78, 5) is 13.9. The molecule has 1 amide bonds. The number of phenolic OH excluding ortho intramolecular Hbond substituents is 1. The number of hydrogen-bond acceptors (Lipinski definition) is 5. The predicted molar refractivity (Wildman–Crippen MR) is 88.3 cm³/mol. The molecule has 0 spiro atoms. The summed E-state index contributed by atoms with van der Waals surface area (Å²) in [5.74, 6) is -0.664. The van der Waals surface area contributed by atoms with E-state index in [-0.39, 0.29) is 11.3 Å². The van der Waals surface area contributed by atoms with Crippen LogP contribution in [0.2, 0.25) is 0 Å². The number of amides is 1. The molecule has 0 aromatic heterocycles. The van der Waals surface area contributed by atoms with Crippen LogP contribution in [0.15, 0.2) is 47.6 Å². The predicted octanol–water partition coefficient (Wildman–Crippen LogP) is 1.80. The molecule has 0 bridgehead atoms. The van der Waals surface area contributed by atoms with Crippen LogP contribution < -0.4 is 16.1 Å². The Bertz CT molecular complexity index is 694. The highest BCUT2D eigenvalue weighted by Crippen LogP contribution is 2.19. The van der Waals surface area contributed by atoms with Gasteiger partial charge in [-0.3, -0.25) is 4.79 Å². The highest BCUT2D eigenvalue weighted by Gasteiger charge is 2.10. The number of anilines is 2. The minimum absolute atomic E-state index is 0.0834. The molecule has 0 unspecified atom stereocenters. The lowest BCUT2D eigenvalue weighted by atomic mass is 10.1. The molecule has 0 heterocycles. The van der Waals surface area contributed by atoms with Gasteiger partial charge in [-0.2, -0.15) is 5.10 Å². The number of phenols is 1. The summed E-state index contributed by atoms with van der Waals surface area (Å²) >= 11 is 0. The van der Waals surface area contributed by atoms with E-state index in [2.05, 4.69) is 10.5 Å². The van der Waals surface area contributed by atoms with Crippen molar-refractivity contribution in [2.45, 2.75) is 0 Å². The molecule has 0 aliphatic rings.